The van der Waals surface area contributed by atoms with Gasteiger partial charge in [-0.3, -0.25) is 4.79 Å². The quantitative estimate of drug-likeness (QED) is 0.880. The molecule has 4 nitrogen and oxygen atoms in total. The molecular formula is C11H15BrN2O2S. The van der Waals surface area contributed by atoms with Gasteiger partial charge in [0.2, 0.25) is 5.91 Å². The molecule has 1 aromatic rings. The molecule has 0 radical (unpaired) electrons. The van der Waals surface area contributed by atoms with Crippen molar-refractivity contribution in [1.29, 1.82) is 0 Å². The Balaban J connectivity index is 1.91. The van der Waals surface area contributed by atoms with Gasteiger partial charge in [-0.15, -0.1) is 11.3 Å². The lowest BCUT2D eigenvalue weighted by molar-refractivity contribution is -0.132. The first-order valence-corrected chi connectivity index (χ1v) is 7.13. The maximum atomic E-state index is 12.0. The van der Waals surface area contributed by atoms with Gasteiger partial charge in [0.05, 0.1) is 15.9 Å². The smallest absolute Gasteiger partial charge is 0.239 e. The maximum absolute atomic E-state index is 12.0. The molecule has 2 N–H and O–H groups in total. The second-order valence-electron chi connectivity index (χ2n) is 4.30. The zero-order valence-corrected chi connectivity index (χ0v) is 11.9. The van der Waals surface area contributed by atoms with Gasteiger partial charge < -0.3 is 15.3 Å². The number of carbonyl (C=O) groups is 1. The van der Waals surface area contributed by atoms with Gasteiger partial charge in [0.1, 0.15) is 0 Å². The highest BCUT2D eigenvalue weighted by molar-refractivity contribution is 9.11. The van der Waals surface area contributed by atoms with Crippen LogP contribution in [0.15, 0.2) is 15.2 Å². The standard InChI is InChI=1S/C11H15BrN2O2S/c1-14(5-7-2-10(12)17-6-7)11(16)9-3-8(15)4-13-9/h2,6,8-9,13,15H,3-5H2,1H3. The van der Waals surface area contributed by atoms with Crippen LogP contribution in [0.3, 0.4) is 0 Å². The lowest BCUT2D eigenvalue weighted by Crippen LogP contribution is -2.41. The Kier molecular flexibility index (Phi) is 4.19. The minimum Gasteiger partial charge on any atom is -0.392 e. The maximum Gasteiger partial charge on any atom is 0.239 e. The van der Waals surface area contributed by atoms with Gasteiger partial charge in [-0.2, -0.15) is 0 Å². The number of nitrogens with one attached hydrogen (secondary N) is 1. The van der Waals surface area contributed by atoms with E-state index in [1.807, 2.05) is 11.4 Å². The molecule has 0 bridgehead atoms. The fourth-order valence-electron chi connectivity index (χ4n) is 1.95. The average molecular weight is 319 g/mol. The number of carbonyl (C=O) groups excluding carboxylic acids is 1. The number of aliphatic hydroxyl groups excluding tert-OH is 1. The normalized spacial score (nSPS) is 23.9. The highest BCUT2D eigenvalue weighted by atomic mass is 79.9. The summed E-state index contributed by atoms with van der Waals surface area (Å²) >= 11 is 5.02. The molecule has 2 unspecified atom stereocenters. The fraction of sp³-hybridized carbons (Fsp3) is 0.545. The summed E-state index contributed by atoms with van der Waals surface area (Å²) < 4.78 is 1.07. The van der Waals surface area contributed by atoms with Crippen LogP contribution < -0.4 is 5.32 Å². The van der Waals surface area contributed by atoms with Crippen molar-refractivity contribution in [2.75, 3.05) is 13.6 Å². The van der Waals surface area contributed by atoms with Gasteiger partial charge in [0, 0.05) is 20.1 Å². The summed E-state index contributed by atoms with van der Waals surface area (Å²) in [4.78, 5) is 13.7. The van der Waals surface area contributed by atoms with Crippen LogP contribution in [0, 0.1) is 0 Å². The van der Waals surface area contributed by atoms with E-state index in [1.165, 1.54) is 0 Å². The van der Waals surface area contributed by atoms with Crippen LogP contribution >= 0.6 is 27.3 Å². The monoisotopic (exact) mass is 318 g/mol. The van der Waals surface area contributed by atoms with Gasteiger partial charge in [-0.25, -0.2) is 0 Å². The molecule has 1 fully saturated rings. The van der Waals surface area contributed by atoms with Crippen molar-refractivity contribution >= 4 is 33.2 Å². The summed E-state index contributed by atoms with van der Waals surface area (Å²) in [6.45, 7) is 1.11. The molecule has 0 aromatic carbocycles. The van der Waals surface area contributed by atoms with E-state index >= 15 is 0 Å². The van der Waals surface area contributed by atoms with E-state index in [2.05, 4.69) is 21.2 Å². The van der Waals surface area contributed by atoms with E-state index < -0.39 is 6.10 Å². The third-order valence-corrected chi connectivity index (χ3v) is 4.38. The van der Waals surface area contributed by atoms with Crippen LogP contribution in [0.4, 0.5) is 0 Å². The number of halogens is 1. The SMILES string of the molecule is CN(Cc1csc(Br)c1)C(=O)C1CC(O)CN1. The van der Waals surface area contributed by atoms with Crippen molar-refractivity contribution in [2.24, 2.45) is 0 Å². The molecule has 1 amide bonds. The van der Waals surface area contributed by atoms with Crippen molar-refractivity contribution in [2.45, 2.75) is 25.1 Å². The van der Waals surface area contributed by atoms with Gasteiger partial charge in [0.15, 0.2) is 0 Å². The highest BCUT2D eigenvalue weighted by Crippen LogP contribution is 2.22. The molecule has 1 aromatic heterocycles. The van der Waals surface area contributed by atoms with E-state index in [0.717, 1.165) is 9.35 Å². The van der Waals surface area contributed by atoms with Gasteiger partial charge >= 0.3 is 0 Å². The molecule has 2 rings (SSSR count). The second kappa shape index (κ2) is 5.48. The lowest BCUT2D eigenvalue weighted by Gasteiger charge is -2.20. The molecule has 0 aliphatic carbocycles. The minimum atomic E-state index is -0.396. The number of aliphatic hydroxyl groups is 1. The van der Waals surface area contributed by atoms with Gasteiger partial charge in [-0.05, 0) is 39.4 Å². The third kappa shape index (κ3) is 3.28. The van der Waals surface area contributed by atoms with Crippen LogP contribution in [-0.4, -0.2) is 41.7 Å². The zero-order valence-electron chi connectivity index (χ0n) is 9.52. The fourth-order valence-corrected chi connectivity index (χ4v) is 3.15. The Morgan fingerprint density at radius 1 is 1.76 bits per heavy atom. The minimum absolute atomic E-state index is 0.0453. The molecule has 1 saturated heterocycles. The predicted molar refractivity (Wildman–Crippen MR) is 70.9 cm³/mol. The second-order valence-corrected chi connectivity index (χ2v) is 6.59. The molecule has 1 aliphatic heterocycles. The Hall–Kier alpha value is -0.430. The Bertz CT molecular complexity index is 410. The van der Waals surface area contributed by atoms with Crippen LogP contribution in [0.25, 0.3) is 0 Å². The first-order valence-electron chi connectivity index (χ1n) is 5.45. The van der Waals surface area contributed by atoms with Crippen molar-refractivity contribution < 1.29 is 9.90 Å². The first kappa shape index (κ1) is 13.0. The van der Waals surface area contributed by atoms with Gasteiger partial charge in [0.25, 0.3) is 0 Å². The van der Waals surface area contributed by atoms with Crippen molar-refractivity contribution in [3.63, 3.8) is 0 Å². The largest absolute Gasteiger partial charge is 0.392 e. The summed E-state index contributed by atoms with van der Waals surface area (Å²) in [6, 6.07) is 1.78. The average Bonchev–Trinajstić information content (AvgIpc) is 2.87. The van der Waals surface area contributed by atoms with Crippen LogP contribution in [0.2, 0.25) is 0 Å². The van der Waals surface area contributed by atoms with Crippen LogP contribution in [0.5, 0.6) is 0 Å². The molecule has 1 aliphatic rings. The zero-order chi connectivity index (χ0) is 12.4. The van der Waals surface area contributed by atoms with E-state index in [-0.39, 0.29) is 11.9 Å². The van der Waals surface area contributed by atoms with Crippen molar-refractivity contribution in [3.8, 4) is 0 Å². The molecule has 0 spiro atoms. The topological polar surface area (TPSA) is 52.6 Å². The first-order chi connectivity index (χ1) is 8.06. The van der Waals surface area contributed by atoms with Gasteiger partial charge in [-0.1, -0.05) is 0 Å². The number of nitrogens with zero attached hydrogens (tertiary/aromatic N) is 1. The molecule has 0 saturated carbocycles. The van der Waals surface area contributed by atoms with E-state index in [0.29, 0.717) is 19.5 Å². The van der Waals surface area contributed by atoms with Crippen molar-refractivity contribution in [3.05, 3.63) is 20.8 Å². The summed E-state index contributed by atoms with van der Waals surface area (Å²) in [7, 11) is 1.79. The Morgan fingerprint density at radius 2 is 2.53 bits per heavy atom. The lowest BCUT2D eigenvalue weighted by atomic mass is 10.2. The number of β-amino-alcohol motifs (C(OH)–C–C–N with tert-alkyl or cyclic N) is 1. The molecule has 17 heavy (non-hydrogen) atoms. The molecule has 94 valence electrons. The highest BCUT2D eigenvalue weighted by Gasteiger charge is 2.29. The van der Waals surface area contributed by atoms with Crippen LogP contribution in [-0.2, 0) is 11.3 Å². The predicted octanol–water partition coefficient (Wildman–Crippen LogP) is 1.19. The summed E-state index contributed by atoms with van der Waals surface area (Å²) in [5.74, 6) is 0.0453. The number of hydrogen-bond donors (Lipinski definition) is 2. The number of thiophene rings is 1. The summed E-state index contributed by atoms with van der Waals surface area (Å²) in [5.41, 5.74) is 1.12. The summed E-state index contributed by atoms with van der Waals surface area (Å²) in [6.07, 6.45) is 0.115. The molecular weight excluding hydrogens is 304 g/mol. The van der Waals surface area contributed by atoms with Crippen molar-refractivity contribution in [1.82, 2.24) is 10.2 Å². The van der Waals surface area contributed by atoms with E-state index in [9.17, 15) is 9.90 Å². The molecule has 2 atom stereocenters. The Morgan fingerprint density at radius 3 is 3.06 bits per heavy atom. The Labute approximate surface area is 113 Å². The molecule has 6 heteroatoms. The number of amides is 1. The number of likely N-dealkylation sites (N-methyl/N-ethyl adjacent to an activating group) is 1. The molecule has 2 heterocycles. The summed E-state index contributed by atoms with van der Waals surface area (Å²) in [5, 5.41) is 14.4. The van der Waals surface area contributed by atoms with E-state index in [1.54, 1.807) is 23.3 Å². The van der Waals surface area contributed by atoms with Crippen LogP contribution in [0.1, 0.15) is 12.0 Å². The number of hydrogen-bond acceptors (Lipinski definition) is 4. The number of rotatable bonds is 3. The van der Waals surface area contributed by atoms with E-state index in [4.69, 9.17) is 0 Å². The third-order valence-electron chi connectivity index (χ3n) is 2.82.